The highest BCUT2D eigenvalue weighted by atomic mass is 19.4. The lowest BCUT2D eigenvalue weighted by Gasteiger charge is -2.09. The van der Waals surface area contributed by atoms with Gasteiger partial charge in [0.2, 0.25) is 0 Å². The van der Waals surface area contributed by atoms with Gasteiger partial charge in [0, 0.05) is 29.7 Å². The Morgan fingerprint density at radius 2 is 1.94 bits per heavy atom. The van der Waals surface area contributed by atoms with Gasteiger partial charge in [0.05, 0.1) is 11.6 Å². The molecule has 5 rings (SSSR count). The summed E-state index contributed by atoms with van der Waals surface area (Å²) in [5.41, 5.74) is 7.59. The van der Waals surface area contributed by atoms with Gasteiger partial charge in [-0.2, -0.15) is 13.2 Å². The first-order valence-electron chi connectivity index (χ1n) is 10.6. The summed E-state index contributed by atoms with van der Waals surface area (Å²) in [6.07, 6.45) is 1.94. The van der Waals surface area contributed by atoms with E-state index in [-0.39, 0.29) is 17.4 Å². The first-order valence-corrected chi connectivity index (χ1v) is 10.6. The van der Waals surface area contributed by atoms with Gasteiger partial charge in [-0.05, 0) is 43.7 Å². The zero-order valence-corrected chi connectivity index (χ0v) is 17.8. The molecule has 0 saturated carbocycles. The number of fused-ring (bicyclic) bond motifs is 1. The van der Waals surface area contributed by atoms with Crippen LogP contribution in [0.1, 0.15) is 40.6 Å². The number of halogens is 3. The number of nitrogens with zero attached hydrogens (tertiary/aromatic N) is 4. The molecule has 1 unspecified atom stereocenters. The topological polar surface area (TPSA) is 110 Å². The molecule has 3 aromatic heterocycles. The summed E-state index contributed by atoms with van der Waals surface area (Å²) in [6, 6.07) is 8.32. The predicted octanol–water partition coefficient (Wildman–Crippen LogP) is 4.07. The number of nitrogens with one attached hydrogen (secondary N) is 2. The van der Waals surface area contributed by atoms with E-state index < -0.39 is 17.6 Å². The van der Waals surface area contributed by atoms with E-state index >= 15 is 0 Å². The zero-order valence-electron chi connectivity index (χ0n) is 17.8. The summed E-state index contributed by atoms with van der Waals surface area (Å²) in [5.74, 6) is 0.419. The van der Waals surface area contributed by atoms with E-state index in [9.17, 15) is 18.0 Å². The molecule has 34 heavy (non-hydrogen) atoms. The van der Waals surface area contributed by atoms with Crippen molar-refractivity contribution in [3.05, 3.63) is 71.9 Å². The number of imidazole rings is 1. The van der Waals surface area contributed by atoms with Gasteiger partial charge in [0.1, 0.15) is 28.7 Å². The largest absolute Gasteiger partial charge is 0.416 e. The van der Waals surface area contributed by atoms with Gasteiger partial charge < -0.3 is 16.4 Å². The van der Waals surface area contributed by atoms with Crippen molar-refractivity contribution >= 4 is 23.1 Å². The first-order chi connectivity index (χ1) is 16.3. The van der Waals surface area contributed by atoms with Crippen molar-refractivity contribution in [3.63, 3.8) is 0 Å². The summed E-state index contributed by atoms with van der Waals surface area (Å²) in [4.78, 5) is 25.4. The fraction of sp³-hybridized carbons (Fsp3) is 0.217. The molecule has 1 aromatic carbocycles. The molecule has 0 bridgehead atoms. The van der Waals surface area contributed by atoms with E-state index in [1.807, 2.05) is 10.6 Å². The van der Waals surface area contributed by atoms with Crippen LogP contribution in [0.15, 0.2) is 55.0 Å². The van der Waals surface area contributed by atoms with Gasteiger partial charge in [-0.25, -0.2) is 15.0 Å². The lowest BCUT2D eigenvalue weighted by molar-refractivity contribution is -0.137. The molecule has 1 saturated heterocycles. The number of aromatic nitrogens is 4. The van der Waals surface area contributed by atoms with Gasteiger partial charge >= 0.3 is 6.18 Å². The van der Waals surface area contributed by atoms with Crippen LogP contribution in [0.3, 0.4) is 0 Å². The Labute approximate surface area is 192 Å². The van der Waals surface area contributed by atoms with Gasteiger partial charge in [-0.3, -0.25) is 9.20 Å². The number of nitrogens with two attached hydrogens (primary N) is 1. The van der Waals surface area contributed by atoms with Crippen LogP contribution >= 0.6 is 0 Å². The molecule has 0 aliphatic carbocycles. The maximum atomic E-state index is 12.9. The third-order valence-corrected chi connectivity index (χ3v) is 5.73. The Kier molecular flexibility index (Phi) is 5.40. The number of pyridine rings is 1. The highest BCUT2D eigenvalue weighted by Gasteiger charge is 2.31. The number of hydrogen-bond donors (Lipinski definition) is 3. The maximum Gasteiger partial charge on any atom is 0.416 e. The van der Waals surface area contributed by atoms with Gasteiger partial charge in [-0.1, -0.05) is 12.1 Å². The van der Waals surface area contributed by atoms with E-state index in [0.717, 1.165) is 49.1 Å². The average Bonchev–Trinajstić information content (AvgIpc) is 3.47. The van der Waals surface area contributed by atoms with Crippen molar-refractivity contribution in [2.24, 2.45) is 0 Å². The van der Waals surface area contributed by atoms with E-state index in [2.05, 4.69) is 20.6 Å². The van der Waals surface area contributed by atoms with Crippen molar-refractivity contribution in [2.75, 3.05) is 17.6 Å². The number of carbonyl (C=O) groups is 1. The van der Waals surface area contributed by atoms with Crippen LogP contribution in [-0.2, 0) is 6.18 Å². The van der Waals surface area contributed by atoms with Crippen molar-refractivity contribution < 1.29 is 18.0 Å². The minimum absolute atomic E-state index is 0.105. The molecule has 11 heteroatoms. The smallest absolute Gasteiger partial charge is 0.382 e. The molecule has 1 aliphatic heterocycles. The number of rotatable bonds is 4. The quantitative estimate of drug-likeness (QED) is 0.417. The normalized spacial score (nSPS) is 16.1. The standard InChI is InChI=1S/C23H20F3N7O/c24-23(25,26)15-7-9-29-17(12-15)31-22(34)14-5-3-13(4-6-14)18-19-20(27)30-10-11-33(19)21(32-18)16-2-1-8-28-16/h3-7,9-12,16,28H,1-2,8H2,(H2,27,30)(H,29,31,34). The van der Waals surface area contributed by atoms with E-state index in [1.54, 1.807) is 30.5 Å². The Morgan fingerprint density at radius 1 is 1.15 bits per heavy atom. The Hall–Kier alpha value is -3.99. The highest BCUT2D eigenvalue weighted by Crippen LogP contribution is 2.33. The molecule has 1 amide bonds. The fourth-order valence-electron chi connectivity index (χ4n) is 4.08. The Bertz CT molecular complexity index is 1360. The molecule has 1 atom stereocenters. The van der Waals surface area contributed by atoms with Crippen LogP contribution < -0.4 is 16.4 Å². The second-order valence-electron chi connectivity index (χ2n) is 7.96. The molecule has 8 nitrogen and oxygen atoms in total. The minimum Gasteiger partial charge on any atom is -0.382 e. The molecule has 0 spiro atoms. The molecular weight excluding hydrogens is 447 g/mol. The van der Waals surface area contributed by atoms with Crippen LogP contribution in [0.2, 0.25) is 0 Å². The number of hydrogen-bond acceptors (Lipinski definition) is 6. The second-order valence-corrected chi connectivity index (χ2v) is 7.96. The second kappa shape index (κ2) is 8.41. The van der Waals surface area contributed by atoms with Crippen LogP contribution in [0, 0.1) is 0 Å². The fourth-order valence-corrected chi connectivity index (χ4v) is 4.08. The van der Waals surface area contributed by atoms with Crippen LogP contribution in [-0.4, -0.2) is 31.8 Å². The minimum atomic E-state index is -4.53. The van der Waals surface area contributed by atoms with Crippen molar-refractivity contribution in [1.29, 1.82) is 0 Å². The van der Waals surface area contributed by atoms with Crippen LogP contribution in [0.4, 0.5) is 24.8 Å². The van der Waals surface area contributed by atoms with E-state index in [1.165, 1.54) is 0 Å². The highest BCUT2D eigenvalue weighted by molar-refractivity contribution is 6.04. The lowest BCUT2D eigenvalue weighted by Crippen LogP contribution is -2.16. The van der Waals surface area contributed by atoms with E-state index in [0.29, 0.717) is 17.0 Å². The SMILES string of the molecule is Nc1nccn2c(C3CCCN3)nc(-c3ccc(C(=O)Nc4cc(C(F)(F)F)ccn4)cc3)c12. The monoisotopic (exact) mass is 467 g/mol. The Balaban J connectivity index is 1.43. The molecule has 0 radical (unpaired) electrons. The van der Waals surface area contributed by atoms with Crippen LogP contribution in [0.5, 0.6) is 0 Å². The summed E-state index contributed by atoms with van der Waals surface area (Å²) in [7, 11) is 0. The number of alkyl halides is 3. The number of carbonyl (C=O) groups excluding carboxylic acids is 1. The molecule has 4 aromatic rings. The molecule has 4 heterocycles. The van der Waals surface area contributed by atoms with Gasteiger partial charge in [0.25, 0.3) is 5.91 Å². The molecule has 1 aliphatic rings. The molecular formula is C23H20F3N7O. The zero-order chi connectivity index (χ0) is 23.9. The lowest BCUT2D eigenvalue weighted by atomic mass is 10.1. The average molecular weight is 467 g/mol. The van der Waals surface area contributed by atoms with Crippen molar-refractivity contribution in [2.45, 2.75) is 25.1 Å². The first kappa shape index (κ1) is 21.8. The number of anilines is 2. The summed E-state index contributed by atoms with van der Waals surface area (Å²) in [5, 5.41) is 5.84. The Morgan fingerprint density at radius 3 is 2.65 bits per heavy atom. The van der Waals surface area contributed by atoms with Crippen molar-refractivity contribution in [3.8, 4) is 11.3 Å². The van der Waals surface area contributed by atoms with Gasteiger partial charge in [-0.15, -0.1) is 0 Å². The van der Waals surface area contributed by atoms with Crippen molar-refractivity contribution in [1.82, 2.24) is 24.7 Å². The number of benzene rings is 1. The molecule has 4 N–H and O–H groups in total. The summed E-state index contributed by atoms with van der Waals surface area (Å²) >= 11 is 0. The number of amides is 1. The molecule has 174 valence electrons. The molecule has 1 fully saturated rings. The summed E-state index contributed by atoms with van der Waals surface area (Å²) in [6.45, 7) is 0.917. The maximum absolute atomic E-state index is 12.9. The number of nitrogen functional groups attached to an aromatic ring is 1. The van der Waals surface area contributed by atoms with Crippen LogP contribution in [0.25, 0.3) is 16.8 Å². The predicted molar refractivity (Wildman–Crippen MR) is 120 cm³/mol. The third kappa shape index (κ3) is 4.05. The summed E-state index contributed by atoms with van der Waals surface area (Å²) < 4.78 is 40.7. The third-order valence-electron chi connectivity index (χ3n) is 5.73. The van der Waals surface area contributed by atoms with Gasteiger partial charge in [0.15, 0.2) is 0 Å². The van der Waals surface area contributed by atoms with E-state index in [4.69, 9.17) is 10.7 Å².